The van der Waals surface area contributed by atoms with Crippen molar-refractivity contribution in [1.82, 2.24) is 0 Å². The minimum Gasteiger partial charge on any atom is -0.370 e. The van der Waals surface area contributed by atoms with E-state index in [0.717, 1.165) is 0 Å². The highest BCUT2D eigenvalue weighted by molar-refractivity contribution is 5.93. The molecule has 0 fully saturated rings. The predicted molar refractivity (Wildman–Crippen MR) is 61.4 cm³/mol. The Morgan fingerprint density at radius 3 is 2.56 bits per heavy atom. The first-order valence-electron chi connectivity index (χ1n) is 4.23. The number of nitrogens with zero attached hydrogens (tertiary/aromatic N) is 2. The highest BCUT2D eigenvalue weighted by atomic mass is 19.1. The fraction of sp³-hybridized carbons (Fsp3) is 0. The van der Waals surface area contributed by atoms with Crippen LogP contribution in [0.2, 0.25) is 0 Å². The summed E-state index contributed by atoms with van der Waals surface area (Å²) in [5, 5.41) is 0. The Kier molecular flexibility index (Phi) is 3.45. The molecule has 0 atom stereocenters. The summed E-state index contributed by atoms with van der Waals surface area (Å²) in [6.45, 7) is 0. The molecule has 0 saturated heterocycles. The van der Waals surface area contributed by atoms with Gasteiger partial charge in [-0.3, -0.25) is 0 Å². The van der Waals surface area contributed by atoms with E-state index in [4.69, 9.17) is 23.6 Å². The number of rotatable bonds is 1. The Bertz CT molecular complexity index is 494. The van der Waals surface area contributed by atoms with Crippen LogP contribution >= 0.6 is 0 Å². The molecule has 0 aliphatic rings. The van der Waals surface area contributed by atoms with Gasteiger partial charge in [0.1, 0.15) is 5.82 Å². The Morgan fingerprint density at radius 1 is 1.31 bits per heavy atom. The molecule has 0 saturated carbocycles. The summed E-state index contributed by atoms with van der Waals surface area (Å²) in [7, 11) is 0. The molecule has 0 aromatic heterocycles. The number of hydrogen-bond acceptors (Lipinski definition) is 1. The van der Waals surface area contributed by atoms with Crippen molar-refractivity contribution < 1.29 is 4.39 Å². The van der Waals surface area contributed by atoms with E-state index < -0.39 is 5.82 Å². The second-order valence-corrected chi connectivity index (χ2v) is 2.81. The lowest BCUT2D eigenvalue weighted by molar-refractivity contribution is 0.627. The molecule has 82 valence electrons. The van der Waals surface area contributed by atoms with Gasteiger partial charge in [0.2, 0.25) is 5.96 Å². The molecule has 1 rings (SSSR count). The fourth-order valence-electron chi connectivity index (χ4n) is 1.00. The van der Waals surface area contributed by atoms with E-state index in [-0.39, 0.29) is 17.5 Å². The number of halogens is 1. The number of hydrogen-bond donors (Lipinski definition) is 3. The van der Waals surface area contributed by atoms with Gasteiger partial charge in [-0.2, -0.15) is 4.99 Å². The Balaban J connectivity index is 3.16. The molecule has 0 bridgehead atoms. The summed E-state index contributed by atoms with van der Waals surface area (Å²) < 4.78 is 12.8. The van der Waals surface area contributed by atoms with Crippen molar-refractivity contribution in [1.29, 1.82) is 0 Å². The van der Waals surface area contributed by atoms with E-state index in [1.165, 1.54) is 18.2 Å². The van der Waals surface area contributed by atoms with E-state index in [1.807, 2.05) is 0 Å². The molecule has 1 aromatic carbocycles. The van der Waals surface area contributed by atoms with Gasteiger partial charge in [0, 0.05) is 0 Å². The maximum absolute atomic E-state index is 12.8. The molecule has 0 amide bonds. The van der Waals surface area contributed by atoms with Crippen LogP contribution in [0, 0.1) is 18.2 Å². The topological polar surface area (TPSA) is 103 Å². The van der Waals surface area contributed by atoms with Gasteiger partial charge in [0.25, 0.3) is 0 Å². The summed E-state index contributed by atoms with van der Waals surface area (Å²) in [6.07, 6.45) is 5.18. The van der Waals surface area contributed by atoms with Gasteiger partial charge >= 0.3 is 0 Å². The highest BCUT2D eigenvalue weighted by Gasteiger charge is 2.01. The Morgan fingerprint density at radius 2 is 2.00 bits per heavy atom. The van der Waals surface area contributed by atoms with Gasteiger partial charge in [-0.15, -0.1) is 6.42 Å². The first-order chi connectivity index (χ1) is 7.52. The van der Waals surface area contributed by atoms with Gasteiger partial charge in [-0.1, -0.05) is 5.92 Å². The molecular weight excluding hydrogens is 209 g/mol. The lowest BCUT2D eigenvalue weighted by Crippen LogP contribution is -2.26. The molecule has 0 radical (unpaired) electrons. The van der Waals surface area contributed by atoms with Crippen molar-refractivity contribution in [2.45, 2.75) is 0 Å². The largest absolute Gasteiger partial charge is 0.370 e. The van der Waals surface area contributed by atoms with Crippen LogP contribution in [0.4, 0.5) is 10.1 Å². The van der Waals surface area contributed by atoms with Crippen LogP contribution in [-0.4, -0.2) is 11.9 Å². The highest BCUT2D eigenvalue weighted by Crippen LogP contribution is 2.19. The summed E-state index contributed by atoms with van der Waals surface area (Å²) in [6, 6.07) is 3.77. The smallest absolute Gasteiger partial charge is 0.223 e. The van der Waals surface area contributed by atoms with Crippen molar-refractivity contribution in [3.8, 4) is 12.3 Å². The minimum absolute atomic E-state index is 0.150. The molecule has 5 nitrogen and oxygen atoms in total. The van der Waals surface area contributed by atoms with Crippen LogP contribution in [-0.2, 0) is 0 Å². The molecule has 0 heterocycles. The quantitative estimate of drug-likeness (QED) is 0.352. The number of terminal acetylenes is 1. The van der Waals surface area contributed by atoms with Crippen molar-refractivity contribution in [3.05, 3.63) is 29.6 Å². The zero-order valence-corrected chi connectivity index (χ0v) is 8.31. The van der Waals surface area contributed by atoms with Crippen LogP contribution < -0.4 is 17.2 Å². The van der Waals surface area contributed by atoms with Gasteiger partial charge in [-0.25, -0.2) is 9.38 Å². The summed E-state index contributed by atoms with van der Waals surface area (Å²) in [5.74, 6) is 1.46. The zero-order valence-electron chi connectivity index (χ0n) is 8.31. The Labute approximate surface area is 91.9 Å². The van der Waals surface area contributed by atoms with E-state index >= 15 is 0 Å². The molecule has 16 heavy (non-hydrogen) atoms. The average molecular weight is 219 g/mol. The lowest BCUT2D eigenvalue weighted by Gasteiger charge is -1.99. The van der Waals surface area contributed by atoms with E-state index in [9.17, 15) is 4.39 Å². The third-order valence-electron chi connectivity index (χ3n) is 1.59. The van der Waals surface area contributed by atoms with Gasteiger partial charge < -0.3 is 17.2 Å². The Hall–Kier alpha value is -2.55. The standard InChI is InChI=1S/C10H10FN5/c1-2-6-5-7(11)3-4-8(6)15-10(14)16-9(12)13/h1,3-5H,(H6,12,13,14,15,16). The summed E-state index contributed by atoms with van der Waals surface area (Å²) >= 11 is 0. The number of guanidine groups is 2. The van der Waals surface area contributed by atoms with Crippen molar-refractivity contribution in [3.63, 3.8) is 0 Å². The SMILES string of the molecule is C#Cc1cc(F)ccc1N=C(N)N=C(N)N. The lowest BCUT2D eigenvalue weighted by atomic mass is 10.2. The van der Waals surface area contributed by atoms with Crippen LogP contribution in [0.3, 0.4) is 0 Å². The normalized spacial score (nSPS) is 10.6. The minimum atomic E-state index is -0.452. The monoisotopic (exact) mass is 219 g/mol. The number of nitrogens with two attached hydrogens (primary N) is 3. The van der Waals surface area contributed by atoms with Crippen LogP contribution in [0.5, 0.6) is 0 Å². The summed E-state index contributed by atoms with van der Waals surface area (Å²) in [4.78, 5) is 7.36. The van der Waals surface area contributed by atoms with E-state index in [0.29, 0.717) is 5.69 Å². The van der Waals surface area contributed by atoms with Gasteiger partial charge in [0.15, 0.2) is 5.96 Å². The average Bonchev–Trinajstić information content (AvgIpc) is 2.19. The zero-order chi connectivity index (χ0) is 12.1. The predicted octanol–water partition coefficient (Wildman–Crippen LogP) is 0.0266. The second-order valence-electron chi connectivity index (χ2n) is 2.81. The van der Waals surface area contributed by atoms with Crippen LogP contribution in [0.15, 0.2) is 28.2 Å². The van der Waals surface area contributed by atoms with Crippen molar-refractivity contribution in [2.24, 2.45) is 27.2 Å². The maximum atomic E-state index is 12.8. The number of benzene rings is 1. The number of aliphatic imine (C=N–C) groups is 2. The maximum Gasteiger partial charge on any atom is 0.223 e. The van der Waals surface area contributed by atoms with Crippen molar-refractivity contribution in [2.75, 3.05) is 0 Å². The molecule has 0 spiro atoms. The molecule has 6 heteroatoms. The second kappa shape index (κ2) is 4.79. The van der Waals surface area contributed by atoms with E-state index in [1.54, 1.807) is 0 Å². The fourth-order valence-corrected chi connectivity index (χ4v) is 1.00. The molecule has 0 unspecified atom stereocenters. The van der Waals surface area contributed by atoms with Crippen LogP contribution in [0.1, 0.15) is 5.56 Å². The molecule has 0 aliphatic carbocycles. The summed E-state index contributed by atoms with van der Waals surface area (Å²) in [5.41, 5.74) is 16.2. The van der Waals surface area contributed by atoms with Gasteiger partial charge in [-0.05, 0) is 18.2 Å². The molecule has 1 aromatic rings. The van der Waals surface area contributed by atoms with E-state index in [2.05, 4.69) is 15.9 Å². The molecular formula is C10H10FN5. The third kappa shape index (κ3) is 2.99. The van der Waals surface area contributed by atoms with Gasteiger partial charge in [0.05, 0.1) is 11.3 Å². The van der Waals surface area contributed by atoms with Crippen molar-refractivity contribution >= 4 is 17.6 Å². The first kappa shape index (κ1) is 11.5. The molecule has 6 N–H and O–H groups in total. The van der Waals surface area contributed by atoms with Crippen LogP contribution in [0.25, 0.3) is 0 Å². The molecule has 0 aliphatic heterocycles. The third-order valence-corrected chi connectivity index (χ3v) is 1.59. The first-order valence-corrected chi connectivity index (χ1v) is 4.23.